The zero-order valence-corrected chi connectivity index (χ0v) is 13.3. The summed E-state index contributed by atoms with van der Waals surface area (Å²) in [5.74, 6) is 5.65. The minimum absolute atomic E-state index is 0.456. The van der Waals surface area contributed by atoms with E-state index in [1.807, 2.05) is 14.1 Å². The van der Waals surface area contributed by atoms with E-state index in [2.05, 4.69) is 50.5 Å². The summed E-state index contributed by atoms with van der Waals surface area (Å²) in [4.78, 5) is 0. The van der Waals surface area contributed by atoms with Crippen molar-refractivity contribution in [3.8, 4) is 0 Å². The zero-order chi connectivity index (χ0) is 11.0. The van der Waals surface area contributed by atoms with E-state index in [-0.39, 0.29) is 0 Å². The van der Waals surface area contributed by atoms with Gasteiger partial charge >= 0.3 is 0 Å². The van der Waals surface area contributed by atoms with Gasteiger partial charge in [0.05, 0.1) is 0 Å². The zero-order valence-electron chi connectivity index (χ0n) is 9.02. The number of hydrazine groups is 1. The van der Waals surface area contributed by atoms with Crippen molar-refractivity contribution < 1.29 is 0 Å². The molecule has 3 N–H and O–H groups in total. The monoisotopic (exact) mass is 425 g/mol. The molecule has 0 amide bonds. The molecule has 86 valence electrons. The van der Waals surface area contributed by atoms with Crippen LogP contribution in [0.5, 0.6) is 0 Å². The lowest BCUT2D eigenvalue weighted by molar-refractivity contribution is 0.254. The van der Waals surface area contributed by atoms with Crippen LogP contribution in [-0.2, 0) is 0 Å². The lowest BCUT2D eigenvalue weighted by atomic mass is 9.85. The molecule has 0 rings (SSSR count). The largest absolute Gasteiger partial charge is 0.320 e. The van der Waals surface area contributed by atoms with Crippen molar-refractivity contribution in [3.63, 3.8) is 0 Å². The summed E-state index contributed by atoms with van der Waals surface area (Å²) in [6.07, 6.45) is 2.43. The minimum atomic E-state index is 0.456. The third kappa shape index (κ3) is 6.04. The molecule has 0 spiro atoms. The molecule has 0 radical (unpaired) electrons. The van der Waals surface area contributed by atoms with Gasteiger partial charge in [0.15, 0.2) is 0 Å². The topological polar surface area (TPSA) is 41.3 Å². The van der Waals surface area contributed by atoms with Gasteiger partial charge in [-0.05, 0) is 31.8 Å². The van der Waals surface area contributed by atoms with Crippen molar-refractivity contribution in [2.45, 2.75) is 12.8 Å². The summed E-state index contributed by atoms with van der Waals surface area (Å²) in [7, 11) is 3.95. The summed E-state index contributed by atoms with van der Waals surface area (Å²) in [6.45, 7) is 2.08. The molecule has 14 heavy (non-hydrogen) atoms. The molecule has 3 nitrogen and oxygen atoms in total. The SMILES string of the molecule is CNCCC(CI)(CI)CCN(C)N. The standard InChI is InChI=1S/C9H21I2N3/c1-13-5-3-9(7-10,8-11)4-6-14(2)12/h13H,3-8,12H2,1-2H3. The van der Waals surface area contributed by atoms with Crippen molar-refractivity contribution in [2.24, 2.45) is 11.3 Å². The average molecular weight is 425 g/mol. The highest BCUT2D eigenvalue weighted by Crippen LogP contribution is 2.31. The van der Waals surface area contributed by atoms with E-state index in [0.29, 0.717) is 5.41 Å². The molecule has 5 heteroatoms. The number of nitrogens with two attached hydrogens (primary N) is 1. The Kier molecular flexibility index (Phi) is 9.30. The molecule has 0 bridgehead atoms. The fourth-order valence-corrected chi connectivity index (χ4v) is 4.33. The van der Waals surface area contributed by atoms with Gasteiger partial charge in [-0.1, -0.05) is 45.2 Å². The van der Waals surface area contributed by atoms with Crippen molar-refractivity contribution in [1.82, 2.24) is 10.3 Å². The maximum atomic E-state index is 5.65. The fraction of sp³-hybridized carbons (Fsp3) is 1.00. The van der Waals surface area contributed by atoms with Crippen LogP contribution in [0.1, 0.15) is 12.8 Å². The molecule has 0 saturated carbocycles. The molecule has 0 atom stereocenters. The maximum absolute atomic E-state index is 5.65. The molecule has 0 aromatic heterocycles. The van der Waals surface area contributed by atoms with Crippen LogP contribution in [0.2, 0.25) is 0 Å². The van der Waals surface area contributed by atoms with Crippen molar-refractivity contribution in [1.29, 1.82) is 0 Å². The van der Waals surface area contributed by atoms with Crippen LogP contribution in [0.3, 0.4) is 0 Å². The highest BCUT2D eigenvalue weighted by Gasteiger charge is 2.26. The van der Waals surface area contributed by atoms with Gasteiger partial charge in [-0.15, -0.1) is 0 Å². The number of hydrogen-bond donors (Lipinski definition) is 2. The van der Waals surface area contributed by atoms with Crippen LogP contribution in [0, 0.1) is 5.41 Å². The lowest BCUT2D eigenvalue weighted by Crippen LogP contribution is -2.36. The Balaban J connectivity index is 4.07. The summed E-state index contributed by atoms with van der Waals surface area (Å²) >= 11 is 4.99. The fourth-order valence-electron chi connectivity index (χ4n) is 1.23. The Morgan fingerprint density at radius 3 is 2.21 bits per heavy atom. The van der Waals surface area contributed by atoms with E-state index in [0.717, 1.165) is 13.1 Å². The Morgan fingerprint density at radius 2 is 1.86 bits per heavy atom. The summed E-state index contributed by atoms with van der Waals surface area (Å²) in [6, 6.07) is 0. The molecule has 0 fully saturated rings. The van der Waals surface area contributed by atoms with Crippen molar-refractivity contribution in [3.05, 3.63) is 0 Å². The molecular weight excluding hydrogens is 404 g/mol. The molecule has 0 unspecified atom stereocenters. The second kappa shape index (κ2) is 8.49. The van der Waals surface area contributed by atoms with E-state index in [1.54, 1.807) is 5.01 Å². The van der Waals surface area contributed by atoms with Crippen LogP contribution < -0.4 is 11.2 Å². The first-order valence-corrected chi connectivity index (χ1v) is 7.88. The first-order valence-electron chi connectivity index (χ1n) is 4.82. The predicted molar refractivity (Wildman–Crippen MR) is 80.2 cm³/mol. The molecule has 0 saturated heterocycles. The van der Waals surface area contributed by atoms with Crippen LogP contribution in [-0.4, -0.2) is 41.0 Å². The molecule has 0 aliphatic carbocycles. The third-order valence-electron chi connectivity index (χ3n) is 2.47. The van der Waals surface area contributed by atoms with E-state index in [9.17, 15) is 0 Å². The normalized spacial score (nSPS) is 12.4. The molecule has 0 aromatic carbocycles. The second-order valence-electron chi connectivity index (χ2n) is 3.85. The number of alkyl halides is 2. The smallest absolute Gasteiger partial charge is 0.0131 e. The van der Waals surface area contributed by atoms with Crippen LogP contribution in [0.15, 0.2) is 0 Å². The number of rotatable bonds is 8. The lowest BCUT2D eigenvalue weighted by Gasteiger charge is -2.31. The Labute approximate surface area is 115 Å². The van der Waals surface area contributed by atoms with Gasteiger partial charge in [-0.2, -0.15) is 0 Å². The highest BCUT2D eigenvalue weighted by atomic mass is 127. The second-order valence-corrected chi connectivity index (χ2v) is 5.38. The molecule has 0 aliphatic heterocycles. The van der Waals surface area contributed by atoms with Crippen molar-refractivity contribution in [2.75, 3.05) is 36.0 Å². The van der Waals surface area contributed by atoms with E-state index in [4.69, 9.17) is 5.84 Å². The molecular formula is C9H21I2N3. The Hall–Kier alpha value is 1.34. The average Bonchev–Trinajstić information content (AvgIpc) is 2.19. The molecule has 0 aliphatic rings. The van der Waals surface area contributed by atoms with Gasteiger partial charge in [-0.25, -0.2) is 0 Å². The molecule has 0 aromatic rings. The quantitative estimate of drug-likeness (QED) is 0.269. The van der Waals surface area contributed by atoms with Crippen molar-refractivity contribution >= 4 is 45.2 Å². The minimum Gasteiger partial charge on any atom is -0.320 e. The van der Waals surface area contributed by atoms with Gasteiger partial charge in [0.2, 0.25) is 0 Å². The highest BCUT2D eigenvalue weighted by molar-refractivity contribution is 14.1. The maximum Gasteiger partial charge on any atom is 0.0131 e. The summed E-state index contributed by atoms with van der Waals surface area (Å²) in [5.41, 5.74) is 0.456. The van der Waals surface area contributed by atoms with Gasteiger partial charge in [0, 0.05) is 22.4 Å². The van der Waals surface area contributed by atoms with Crippen LogP contribution in [0.25, 0.3) is 0 Å². The van der Waals surface area contributed by atoms with E-state index >= 15 is 0 Å². The third-order valence-corrected chi connectivity index (χ3v) is 5.70. The van der Waals surface area contributed by atoms with Crippen LogP contribution >= 0.6 is 45.2 Å². The number of halogens is 2. The first kappa shape index (κ1) is 15.3. The number of hydrogen-bond acceptors (Lipinski definition) is 3. The van der Waals surface area contributed by atoms with Gasteiger partial charge in [0.1, 0.15) is 0 Å². The van der Waals surface area contributed by atoms with E-state index in [1.165, 1.54) is 21.7 Å². The van der Waals surface area contributed by atoms with Crippen LogP contribution in [0.4, 0.5) is 0 Å². The van der Waals surface area contributed by atoms with Gasteiger partial charge < -0.3 is 5.32 Å². The summed E-state index contributed by atoms with van der Waals surface area (Å²) < 4.78 is 2.42. The van der Waals surface area contributed by atoms with Gasteiger partial charge in [-0.3, -0.25) is 10.9 Å². The predicted octanol–water partition coefficient (Wildman–Crippen LogP) is 1.65. The number of nitrogens with zero attached hydrogens (tertiary/aromatic N) is 1. The van der Waals surface area contributed by atoms with Gasteiger partial charge in [0.25, 0.3) is 0 Å². The van der Waals surface area contributed by atoms with E-state index < -0.39 is 0 Å². The number of nitrogens with one attached hydrogen (secondary N) is 1. The molecule has 0 heterocycles. The Bertz CT molecular complexity index is 138. The summed E-state index contributed by atoms with van der Waals surface area (Å²) in [5, 5.41) is 5.01. The first-order chi connectivity index (χ1) is 6.60. The Morgan fingerprint density at radius 1 is 1.29 bits per heavy atom.